The van der Waals surface area contributed by atoms with E-state index in [4.69, 9.17) is 5.73 Å². The quantitative estimate of drug-likeness (QED) is 0.764. The van der Waals surface area contributed by atoms with Crippen LogP contribution in [0.15, 0.2) is 24.3 Å². The van der Waals surface area contributed by atoms with Gasteiger partial charge in [-0.3, -0.25) is 4.79 Å². The second-order valence-corrected chi connectivity index (χ2v) is 6.45. The first-order valence-electron chi connectivity index (χ1n) is 8.14. The van der Waals surface area contributed by atoms with Crippen LogP contribution in [0.4, 0.5) is 0 Å². The molecule has 2 unspecified atom stereocenters. The van der Waals surface area contributed by atoms with Crippen LogP contribution in [0.25, 0.3) is 0 Å². The second-order valence-electron chi connectivity index (χ2n) is 6.45. The van der Waals surface area contributed by atoms with Gasteiger partial charge in [-0.2, -0.15) is 0 Å². The summed E-state index contributed by atoms with van der Waals surface area (Å²) in [5, 5.41) is 3.01. The third-order valence-corrected chi connectivity index (χ3v) is 4.14. The average molecular weight is 342 g/mol. The summed E-state index contributed by atoms with van der Waals surface area (Å²) >= 11 is 0. The normalized spacial score (nSPS) is 14.7. The van der Waals surface area contributed by atoms with Crippen molar-refractivity contribution in [3.63, 3.8) is 0 Å². The van der Waals surface area contributed by atoms with Crippen molar-refractivity contribution >= 4 is 18.3 Å². The molecule has 0 saturated heterocycles. The molecule has 0 heterocycles. The highest BCUT2D eigenvalue weighted by molar-refractivity contribution is 5.85. The molecule has 1 amide bonds. The summed E-state index contributed by atoms with van der Waals surface area (Å²) in [5.74, 6) is -0.0774. The number of nitrogens with zero attached hydrogens (tertiary/aromatic N) is 1. The van der Waals surface area contributed by atoms with E-state index < -0.39 is 5.54 Å². The molecule has 23 heavy (non-hydrogen) atoms. The Morgan fingerprint density at radius 3 is 2.26 bits per heavy atom. The Hall–Kier alpha value is -1.10. The molecule has 0 aliphatic rings. The highest BCUT2D eigenvalue weighted by atomic mass is 35.5. The minimum absolute atomic E-state index is 0. The molecule has 1 aromatic carbocycles. The molecule has 4 nitrogen and oxygen atoms in total. The number of hydrogen-bond donors (Lipinski definition) is 2. The SMILES string of the molecule is CCCC(C)(N)C(=O)NCC(c1ccc(CC)cc1)N(C)C.Cl. The summed E-state index contributed by atoms with van der Waals surface area (Å²) in [4.78, 5) is 14.4. The molecule has 132 valence electrons. The van der Waals surface area contributed by atoms with E-state index in [-0.39, 0.29) is 24.4 Å². The van der Waals surface area contributed by atoms with Crippen LogP contribution in [0, 0.1) is 0 Å². The molecule has 2 atom stereocenters. The van der Waals surface area contributed by atoms with Crippen molar-refractivity contribution < 1.29 is 4.79 Å². The fraction of sp³-hybridized carbons (Fsp3) is 0.611. The number of carbonyl (C=O) groups excluding carboxylic acids is 1. The zero-order valence-corrected chi connectivity index (χ0v) is 15.9. The monoisotopic (exact) mass is 341 g/mol. The van der Waals surface area contributed by atoms with Gasteiger partial charge in [0.05, 0.1) is 11.6 Å². The van der Waals surface area contributed by atoms with Crippen molar-refractivity contribution in [1.29, 1.82) is 0 Å². The molecule has 0 bridgehead atoms. The van der Waals surface area contributed by atoms with Crippen LogP contribution in [0.3, 0.4) is 0 Å². The molecule has 5 heteroatoms. The van der Waals surface area contributed by atoms with Gasteiger partial charge in [0, 0.05) is 6.54 Å². The minimum atomic E-state index is -0.794. The molecular formula is C18H32ClN3O. The fourth-order valence-corrected chi connectivity index (χ4v) is 2.60. The summed E-state index contributed by atoms with van der Waals surface area (Å²) in [6.45, 7) is 6.55. The number of amides is 1. The summed E-state index contributed by atoms with van der Waals surface area (Å²) in [6.07, 6.45) is 2.62. The van der Waals surface area contributed by atoms with Gasteiger partial charge in [0.25, 0.3) is 0 Å². The Morgan fingerprint density at radius 1 is 1.26 bits per heavy atom. The number of nitrogens with two attached hydrogens (primary N) is 1. The van der Waals surface area contributed by atoms with Crippen molar-refractivity contribution in [2.24, 2.45) is 5.73 Å². The lowest BCUT2D eigenvalue weighted by Crippen LogP contribution is -2.52. The van der Waals surface area contributed by atoms with Crippen LogP contribution in [-0.2, 0) is 11.2 Å². The van der Waals surface area contributed by atoms with E-state index in [0.29, 0.717) is 13.0 Å². The molecule has 0 spiro atoms. The average Bonchev–Trinajstić information content (AvgIpc) is 2.47. The number of benzene rings is 1. The van der Waals surface area contributed by atoms with Gasteiger partial charge in [-0.1, -0.05) is 44.5 Å². The lowest BCUT2D eigenvalue weighted by atomic mass is 9.96. The van der Waals surface area contributed by atoms with Gasteiger partial charge in [-0.05, 0) is 45.0 Å². The van der Waals surface area contributed by atoms with Crippen LogP contribution in [0.5, 0.6) is 0 Å². The first-order chi connectivity index (χ1) is 10.3. The van der Waals surface area contributed by atoms with E-state index in [1.54, 1.807) is 6.92 Å². The van der Waals surface area contributed by atoms with Crippen molar-refractivity contribution in [2.75, 3.05) is 20.6 Å². The third-order valence-electron chi connectivity index (χ3n) is 4.14. The van der Waals surface area contributed by atoms with Gasteiger partial charge in [0.15, 0.2) is 0 Å². The highest BCUT2D eigenvalue weighted by Gasteiger charge is 2.27. The smallest absolute Gasteiger partial charge is 0.239 e. The van der Waals surface area contributed by atoms with Gasteiger partial charge in [-0.25, -0.2) is 0 Å². The third kappa shape index (κ3) is 6.50. The first kappa shape index (κ1) is 21.9. The maximum Gasteiger partial charge on any atom is 0.239 e. The molecule has 3 N–H and O–H groups in total. The van der Waals surface area contributed by atoms with E-state index in [1.165, 1.54) is 11.1 Å². The number of aryl methyl sites for hydroxylation is 1. The topological polar surface area (TPSA) is 58.4 Å². The predicted molar refractivity (Wildman–Crippen MR) is 100 cm³/mol. The van der Waals surface area contributed by atoms with Crippen LogP contribution >= 0.6 is 12.4 Å². The van der Waals surface area contributed by atoms with Crippen LogP contribution in [0.1, 0.15) is 50.8 Å². The van der Waals surface area contributed by atoms with E-state index in [2.05, 4.69) is 41.4 Å². The molecule has 0 aromatic heterocycles. The Morgan fingerprint density at radius 2 is 1.83 bits per heavy atom. The molecule has 1 aromatic rings. The molecule has 0 radical (unpaired) electrons. The molecule has 1 rings (SSSR count). The Balaban J connectivity index is 0.00000484. The Kier molecular flexibility index (Phi) is 9.44. The molecule has 0 fully saturated rings. The van der Waals surface area contributed by atoms with Crippen LogP contribution in [0.2, 0.25) is 0 Å². The summed E-state index contributed by atoms with van der Waals surface area (Å²) in [5.41, 5.74) is 7.82. The van der Waals surface area contributed by atoms with E-state index in [1.807, 2.05) is 21.0 Å². The van der Waals surface area contributed by atoms with Crippen molar-refractivity contribution in [3.8, 4) is 0 Å². The fourth-order valence-electron chi connectivity index (χ4n) is 2.60. The molecular weight excluding hydrogens is 310 g/mol. The molecule has 0 aliphatic carbocycles. The van der Waals surface area contributed by atoms with Gasteiger partial charge in [-0.15, -0.1) is 12.4 Å². The standard InChI is InChI=1S/C18H31N3O.ClH/c1-6-12-18(3,19)17(22)20-13-16(21(4)5)15-10-8-14(7-2)9-11-15;/h8-11,16H,6-7,12-13,19H2,1-5H3,(H,20,22);1H. The number of nitrogens with one attached hydrogen (secondary N) is 1. The summed E-state index contributed by atoms with van der Waals surface area (Å²) < 4.78 is 0. The van der Waals surface area contributed by atoms with Crippen molar-refractivity contribution in [1.82, 2.24) is 10.2 Å². The van der Waals surface area contributed by atoms with Crippen LogP contribution < -0.4 is 11.1 Å². The Bertz CT molecular complexity index is 472. The van der Waals surface area contributed by atoms with Crippen molar-refractivity contribution in [3.05, 3.63) is 35.4 Å². The van der Waals surface area contributed by atoms with Gasteiger partial charge in [0.1, 0.15) is 0 Å². The van der Waals surface area contributed by atoms with E-state index >= 15 is 0 Å². The number of hydrogen-bond acceptors (Lipinski definition) is 3. The lowest BCUT2D eigenvalue weighted by molar-refractivity contribution is -0.126. The molecule has 0 aliphatic heterocycles. The minimum Gasteiger partial charge on any atom is -0.353 e. The van der Waals surface area contributed by atoms with Gasteiger partial charge < -0.3 is 16.0 Å². The number of likely N-dealkylation sites (N-methyl/N-ethyl adjacent to an activating group) is 1. The lowest BCUT2D eigenvalue weighted by Gasteiger charge is -2.28. The van der Waals surface area contributed by atoms with Gasteiger partial charge >= 0.3 is 0 Å². The summed E-state index contributed by atoms with van der Waals surface area (Å²) in [7, 11) is 4.05. The molecule has 0 saturated carbocycles. The second kappa shape index (κ2) is 9.91. The first-order valence-corrected chi connectivity index (χ1v) is 8.14. The summed E-state index contributed by atoms with van der Waals surface area (Å²) in [6, 6.07) is 8.73. The number of halogens is 1. The van der Waals surface area contributed by atoms with E-state index in [0.717, 1.165) is 12.8 Å². The predicted octanol–water partition coefficient (Wildman–Crippen LogP) is 2.91. The number of rotatable bonds is 8. The maximum absolute atomic E-state index is 12.3. The zero-order valence-electron chi connectivity index (χ0n) is 15.1. The van der Waals surface area contributed by atoms with Crippen LogP contribution in [-0.4, -0.2) is 37.0 Å². The Labute approximate surface area is 147 Å². The number of carbonyl (C=O) groups is 1. The highest BCUT2D eigenvalue weighted by Crippen LogP contribution is 2.19. The van der Waals surface area contributed by atoms with Crippen molar-refractivity contribution in [2.45, 2.75) is 51.6 Å². The maximum atomic E-state index is 12.3. The zero-order chi connectivity index (χ0) is 16.8. The van der Waals surface area contributed by atoms with E-state index in [9.17, 15) is 4.79 Å². The largest absolute Gasteiger partial charge is 0.353 e. The van der Waals surface area contributed by atoms with Gasteiger partial charge in [0.2, 0.25) is 5.91 Å².